The van der Waals surface area contributed by atoms with E-state index in [0.29, 0.717) is 5.54 Å². The Labute approximate surface area is 128 Å². The summed E-state index contributed by atoms with van der Waals surface area (Å²) in [6, 6.07) is 2.27. The van der Waals surface area contributed by atoms with Gasteiger partial charge in [-0.2, -0.15) is 5.10 Å². The molecule has 21 heavy (non-hydrogen) atoms. The fraction of sp³-hybridized carbons (Fsp3) is 0.824. The minimum atomic E-state index is 0.199. The Kier molecular flexibility index (Phi) is 3.65. The van der Waals surface area contributed by atoms with E-state index >= 15 is 0 Å². The average Bonchev–Trinajstić information content (AvgIpc) is 3.21. The minimum Gasteiger partial charge on any atom is -0.308 e. The van der Waals surface area contributed by atoms with Crippen molar-refractivity contribution in [3.63, 3.8) is 0 Å². The van der Waals surface area contributed by atoms with Crippen LogP contribution in [0.3, 0.4) is 0 Å². The Morgan fingerprint density at radius 1 is 1.33 bits per heavy atom. The number of aryl methyl sites for hydroxylation is 2. The molecule has 1 aromatic rings. The summed E-state index contributed by atoms with van der Waals surface area (Å²) in [5.74, 6) is 0.869. The molecule has 118 valence electrons. The zero-order valence-corrected chi connectivity index (χ0v) is 14.2. The number of hydrogen-bond acceptors (Lipinski definition) is 3. The Balaban J connectivity index is 1.78. The Bertz CT molecular complexity index is 515. The Morgan fingerprint density at radius 2 is 2.05 bits per heavy atom. The first-order valence-corrected chi connectivity index (χ1v) is 8.36. The van der Waals surface area contributed by atoms with Gasteiger partial charge in [-0.05, 0) is 52.0 Å². The van der Waals surface area contributed by atoms with Crippen LogP contribution in [0, 0.1) is 5.92 Å². The number of piperazine rings is 1. The van der Waals surface area contributed by atoms with Crippen LogP contribution in [0.1, 0.15) is 51.9 Å². The van der Waals surface area contributed by atoms with Crippen molar-refractivity contribution < 1.29 is 0 Å². The van der Waals surface area contributed by atoms with Gasteiger partial charge in [0.15, 0.2) is 0 Å². The highest BCUT2D eigenvalue weighted by atomic mass is 15.3. The van der Waals surface area contributed by atoms with E-state index in [0.717, 1.165) is 32.0 Å². The van der Waals surface area contributed by atoms with E-state index in [2.05, 4.69) is 60.8 Å². The molecule has 4 heteroatoms. The van der Waals surface area contributed by atoms with Gasteiger partial charge in [0.1, 0.15) is 0 Å². The third-order valence-corrected chi connectivity index (χ3v) is 5.52. The quantitative estimate of drug-likeness (QED) is 0.924. The van der Waals surface area contributed by atoms with Crippen LogP contribution in [-0.4, -0.2) is 38.8 Å². The molecule has 1 aromatic heterocycles. The Hall–Kier alpha value is -0.870. The highest BCUT2D eigenvalue weighted by molar-refractivity contribution is 5.13. The van der Waals surface area contributed by atoms with Crippen molar-refractivity contribution in [2.75, 3.05) is 13.1 Å². The predicted octanol–water partition coefficient (Wildman–Crippen LogP) is 2.33. The number of nitrogens with one attached hydrogen (secondary N) is 1. The highest BCUT2D eigenvalue weighted by Crippen LogP contribution is 2.42. The molecule has 1 saturated carbocycles. The van der Waals surface area contributed by atoms with Crippen LogP contribution in [0.5, 0.6) is 0 Å². The summed E-state index contributed by atoms with van der Waals surface area (Å²) >= 11 is 0. The maximum absolute atomic E-state index is 4.60. The monoisotopic (exact) mass is 290 g/mol. The van der Waals surface area contributed by atoms with E-state index in [9.17, 15) is 0 Å². The average molecular weight is 290 g/mol. The van der Waals surface area contributed by atoms with E-state index in [1.54, 1.807) is 0 Å². The van der Waals surface area contributed by atoms with E-state index in [1.165, 1.54) is 24.2 Å². The summed E-state index contributed by atoms with van der Waals surface area (Å²) in [7, 11) is 2.07. The molecule has 4 nitrogen and oxygen atoms in total. The van der Waals surface area contributed by atoms with Gasteiger partial charge in [-0.25, -0.2) is 0 Å². The van der Waals surface area contributed by atoms with Crippen LogP contribution < -0.4 is 5.32 Å². The van der Waals surface area contributed by atoms with Gasteiger partial charge in [0, 0.05) is 37.8 Å². The van der Waals surface area contributed by atoms with Crippen molar-refractivity contribution >= 4 is 0 Å². The maximum atomic E-state index is 4.60. The molecule has 1 N–H and O–H groups in total. The summed E-state index contributed by atoms with van der Waals surface area (Å²) in [5, 5.41) is 8.43. The molecule has 0 radical (unpaired) electrons. The molecule has 0 aromatic carbocycles. The summed E-state index contributed by atoms with van der Waals surface area (Å²) in [6.45, 7) is 12.5. The van der Waals surface area contributed by atoms with Crippen molar-refractivity contribution in [2.45, 2.75) is 64.6 Å². The molecule has 3 rings (SSSR count). The largest absolute Gasteiger partial charge is 0.308 e. The molecule has 0 bridgehead atoms. The van der Waals surface area contributed by atoms with Gasteiger partial charge >= 0.3 is 0 Å². The van der Waals surface area contributed by atoms with Crippen molar-refractivity contribution in [1.82, 2.24) is 20.0 Å². The van der Waals surface area contributed by atoms with Crippen molar-refractivity contribution in [3.05, 3.63) is 17.5 Å². The van der Waals surface area contributed by atoms with Gasteiger partial charge in [0.05, 0.1) is 11.4 Å². The first-order valence-electron chi connectivity index (χ1n) is 8.36. The normalized spacial score (nSPS) is 29.8. The lowest BCUT2D eigenvalue weighted by Gasteiger charge is -2.51. The maximum Gasteiger partial charge on any atom is 0.0625 e. The van der Waals surface area contributed by atoms with Gasteiger partial charge in [0.2, 0.25) is 0 Å². The number of hydrogen-bond donors (Lipinski definition) is 1. The van der Waals surface area contributed by atoms with E-state index in [4.69, 9.17) is 0 Å². The summed E-state index contributed by atoms with van der Waals surface area (Å²) in [5.41, 5.74) is 3.03. The molecule has 2 fully saturated rings. The number of rotatable bonds is 4. The number of nitrogens with zero attached hydrogens (tertiary/aromatic N) is 3. The van der Waals surface area contributed by atoms with Crippen LogP contribution in [0.4, 0.5) is 0 Å². The standard InChI is InChI=1S/C17H30N4/c1-6-14-9-15(20(5)19-14)10-21-12-17(4,13-7-8-13)18-11-16(21,2)3/h9,13,18H,6-8,10-12H2,1-5H3. The topological polar surface area (TPSA) is 33.1 Å². The molecule has 1 aliphatic heterocycles. The molecule has 1 atom stereocenters. The van der Waals surface area contributed by atoms with Crippen molar-refractivity contribution in [1.29, 1.82) is 0 Å². The SMILES string of the molecule is CCc1cc(CN2CC(C)(C3CC3)NCC2(C)C)n(C)n1. The first-order chi connectivity index (χ1) is 9.84. The van der Waals surface area contributed by atoms with Crippen LogP contribution in [0.15, 0.2) is 6.07 Å². The highest BCUT2D eigenvalue weighted by Gasteiger charge is 2.48. The van der Waals surface area contributed by atoms with E-state index < -0.39 is 0 Å². The fourth-order valence-electron chi connectivity index (χ4n) is 3.55. The van der Waals surface area contributed by atoms with Crippen LogP contribution in [-0.2, 0) is 20.0 Å². The molecule has 0 spiro atoms. The lowest BCUT2D eigenvalue weighted by atomic mass is 9.86. The molecular formula is C17H30N4. The summed E-state index contributed by atoms with van der Waals surface area (Å²) < 4.78 is 2.06. The molecule has 1 unspecified atom stereocenters. The van der Waals surface area contributed by atoms with Gasteiger partial charge in [-0.1, -0.05) is 6.92 Å². The van der Waals surface area contributed by atoms with Crippen molar-refractivity contribution in [3.8, 4) is 0 Å². The van der Waals surface area contributed by atoms with E-state index in [-0.39, 0.29) is 5.54 Å². The molecule has 2 aliphatic rings. The zero-order valence-electron chi connectivity index (χ0n) is 14.2. The molecular weight excluding hydrogens is 260 g/mol. The second-order valence-corrected chi connectivity index (χ2v) is 7.82. The van der Waals surface area contributed by atoms with Gasteiger partial charge in [-0.3, -0.25) is 9.58 Å². The second kappa shape index (κ2) is 5.10. The van der Waals surface area contributed by atoms with E-state index in [1.807, 2.05) is 0 Å². The van der Waals surface area contributed by atoms with Crippen LogP contribution in [0.25, 0.3) is 0 Å². The van der Waals surface area contributed by atoms with Gasteiger partial charge in [-0.15, -0.1) is 0 Å². The summed E-state index contributed by atoms with van der Waals surface area (Å²) in [4.78, 5) is 2.65. The molecule has 0 amide bonds. The number of aromatic nitrogens is 2. The van der Waals surface area contributed by atoms with Crippen molar-refractivity contribution in [2.24, 2.45) is 13.0 Å². The smallest absolute Gasteiger partial charge is 0.0625 e. The third-order valence-electron chi connectivity index (χ3n) is 5.52. The third kappa shape index (κ3) is 2.88. The van der Waals surface area contributed by atoms with Gasteiger partial charge in [0.25, 0.3) is 0 Å². The molecule has 1 aliphatic carbocycles. The predicted molar refractivity (Wildman–Crippen MR) is 86.2 cm³/mol. The summed E-state index contributed by atoms with van der Waals surface area (Å²) in [6.07, 6.45) is 3.80. The van der Waals surface area contributed by atoms with Gasteiger partial charge < -0.3 is 5.32 Å². The lowest BCUT2D eigenvalue weighted by Crippen LogP contribution is -2.67. The second-order valence-electron chi connectivity index (χ2n) is 7.82. The first kappa shape index (κ1) is 15.0. The lowest BCUT2D eigenvalue weighted by molar-refractivity contribution is 0.0161. The molecule has 1 saturated heterocycles. The molecule has 2 heterocycles. The van der Waals surface area contributed by atoms with Crippen LogP contribution >= 0.6 is 0 Å². The Morgan fingerprint density at radius 3 is 2.62 bits per heavy atom. The fourth-order valence-corrected chi connectivity index (χ4v) is 3.55. The zero-order chi connectivity index (χ0) is 15.3. The minimum absolute atomic E-state index is 0.199. The van der Waals surface area contributed by atoms with Crippen LogP contribution in [0.2, 0.25) is 0 Å².